The Labute approximate surface area is 207 Å². The Morgan fingerprint density at radius 1 is 1.25 bits per heavy atom. The molecule has 0 spiro atoms. The van der Waals surface area contributed by atoms with Crippen molar-refractivity contribution >= 4 is 16.9 Å². The van der Waals surface area contributed by atoms with Crippen LogP contribution in [0.2, 0.25) is 0 Å². The molecule has 6 rings (SSSR count). The van der Waals surface area contributed by atoms with Crippen molar-refractivity contribution < 1.29 is 24.1 Å². The van der Waals surface area contributed by atoms with E-state index in [9.17, 15) is 24.2 Å². The molecule has 0 bridgehead atoms. The fourth-order valence-electron chi connectivity index (χ4n) is 5.92. The third-order valence-corrected chi connectivity index (χ3v) is 7.67. The minimum absolute atomic E-state index is 0.0400. The van der Waals surface area contributed by atoms with Gasteiger partial charge in [0.05, 0.1) is 29.0 Å². The van der Waals surface area contributed by atoms with Gasteiger partial charge in [-0.25, -0.2) is 14.2 Å². The lowest BCUT2D eigenvalue weighted by atomic mass is 9.75. The lowest BCUT2D eigenvalue weighted by molar-refractivity contribution is -0.157. The predicted molar refractivity (Wildman–Crippen MR) is 132 cm³/mol. The number of esters is 1. The van der Waals surface area contributed by atoms with Gasteiger partial charge in [0, 0.05) is 41.1 Å². The number of aliphatic hydroxyl groups is 2. The molecular weight excluding hydrogens is 465 g/mol. The molecule has 0 radical (unpaired) electrons. The lowest BCUT2D eigenvalue weighted by Gasteiger charge is -2.32. The van der Waals surface area contributed by atoms with Crippen molar-refractivity contribution in [1.29, 1.82) is 0 Å². The van der Waals surface area contributed by atoms with Crippen LogP contribution in [0.5, 0.6) is 0 Å². The largest absolute Gasteiger partial charge is 0.458 e. The number of hydrogen-bond donors (Lipinski definition) is 3. The molecule has 1 aliphatic carbocycles. The van der Waals surface area contributed by atoms with Gasteiger partial charge in [-0.2, -0.15) is 0 Å². The van der Waals surface area contributed by atoms with Crippen LogP contribution in [0, 0.1) is 12.7 Å². The third-order valence-electron chi connectivity index (χ3n) is 7.67. The van der Waals surface area contributed by atoms with Gasteiger partial charge in [-0.15, -0.1) is 0 Å². The molecule has 0 saturated heterocycles. The van der Waals surface area contributed by atoms with Gasteiger partial charge >= 0.3 is 5.97 Å². The minimum Gasteiger partial charge on any atom is -0.458 e. The van der Waals surface area contributed by atoms with Gasteiger partial charge in [-0.3, -0.25) is 4.79 Å². The number of nitrogens with two attached hydrogens (primary N) is 1. The summed E-state index contributed by atoms with van der Waals surface area (Å²) in [6.07, 6.45) is 0.241. The molecule has 3 atom stereocenters. The Balaban J connectivity index is 0.00000130. The average molecular weight is 496 g/mol. The molecule has 2 aromatic heterocycles. The highest BCUT2D eigenvalue weighted by atomic mass is 19.1. The van der Waals surface area contributed by atoms with Crippen molar-refractivity contribution in [2.24, 2.45) is 5.73 Å². The number of aliphatic hydroxyl groups excluding tert-OH is 2. The van der Waals surface area contributed by atoms with E-state index in [2.05, 4.69) is 0 Å². The zero-order chi connectivity index (χ0) is 25.9. The topological polar surface area (TPSA) is 128 Å². The normalized spacial score (nSPS) is 20.1. The monoisotopic (exact) mass is 495 g/mol. The van der Waals surface area contributed by atoms with Gasteiger partial charge < -0.3 is 25.3 Å². The van der Waals surface area contributed by atoms with Crippen LogP contribution in [0.4, 0.5) is 4.39 Å². The van der Waals surface area contributed by atoms with Crippen molar-refractivity contribution in [2.75, 3.05) is 6.61 Å². The van der Waals surface area contributed by atoms with Crippen LogP contribution in [-0.4, -0.2) is 38.4 Å². The zero-order valence-electron chi connectivity index (χ0n) is 20.6. The number of carbonyl (C=O) groups is 1. The molecule has 190 valence electrons. The quantitative estimate of drug-likeness (QED) is 0.373. The second-order valence-corrected chi connectivity index (χ2v) is 9.40. The van der Waals surface area contributed by atoms with Crippen molar-refractivity contribution in [3.8, 4) is 11.4 Å². The summed E-state index contributed by atoms with van der Waals surface area (Å²) in [4.78, 5) is 30.0. The summed E-state index contributed by atoms with van der Waals surface area (Å²) >= 11 is 0. The Morgan fingerprint density at radius 2 is 2.00 bits per heavy atom. The van der Waals surface area contributed by atoms with Gasteiger partial charge in [0.2, 0.25) is 0 Å². The average Bonchev–Trinajstić information content (AvgIpc) is 3.25. The van der Waals surface area contributed by atoms with Gasteiger partial charge in [0.15, 0.2) is 6.10 Å². The van der Waals surface area contributed by atoms with Crippen LogP contribution in [0.15, 0.2) is 16.9 Å². The van der Waals surface area contributed by atoms with E-state index in [0.29, 0.717) is 41.7 Å². The fourth-order valence-corrected chi connectivity index (χ4v) is 5.92. The molecule has 0 fully saturated rings. The zero-order valence-corrected chi connectivity index (χ0v) is 20.6. The maximum Gasteiger partial charge on any atom is 0.340 e. The molecule has 2 aliphatic heterocycles. The molecule has 4 N–H and O–H groups in total. The number of carbonyl (C=O) groups excluding carboxylic acids is 1. The maximum atomic E-state index is 14.8. The Bertz CT molecular complexity index is 1460. The first kappa shape index (κ1) is 24.5. The highest BCUT2D eigenvalue weighted by Gasteiger charge is 2.38. The van der Waals surface area contributed by atoms with E-state index in [1.807, 2.05) is 13.8 Å². The SMILES string of the molecule is CC.Cc1c(F)cc2nc3c(c4c2c1CCC4C(N)CCO)Cn1c-3cc2c(c1=O)COC(=O)C2O. The predicted octanol–water partition coefficient (Wildman–Crippen LogP) is 2.73. The second kappa shape index (κ2) is 9.06. The fraction of sp³-hybridized carbons (Fsp3) is 0.444. The molecule has 3 aromatic rings. The van der Waals surface area contributed by atoms with Crippen LogP contribution >= 0.6 is 0 Å². The standard InChI is InChI=1S/C25H24FN3O5.C2H6/c1-10-11-2-3-12(17(27)4-5-30)20-14-8-29-19(22(14)28-18(21(11)20)7-16(10)26)6-13-15(24(29)32)9-34-25(33)23(13)31;1-2/h6-7,12,17,23,30-31H,2-5,8-9,27H2,1H3;1-2H3. The Kier molecular flexibility index (Phi) is 6.18. The van der Waals surface area contributed by atoms with Gasteiger partial charge in [-0.1, -0.05) is 13.8 Å². The summed E-state index contributed by atoms with van der Waals surface area (Å²) in [5.41, 5.74) is 11.4. The maximum absolute atomic E-state index is 14.8. The smallest absolute Gasteiger partial charge is 0.340 e. The van der Waals surface area contributed by atoms with E-state index < -0.39 is 12.1 Å². The highest BCUT2D eigenvalue weighted by Crippen LogP contribution is 2.46. The molecule has 3 aliphatic rings. The van der Waals surface area contributed by atoms with Crippen LogP contribution in [0.25, 0.3) is 22.3 Å². The van der Waals surface area contributed by atoms with Crippen molar-refractivity contribution in [1.82, 2.24) is 9.55 Å². The summed E-state index contributed by atoms with van der Waals surface area (Å²) in [5, 5.41) is 20.8. The molecule has 36 heavy (non-hydrogen) atoms. The van der Waals surface area contributed by atoms with E-state index in [4.69, 9.17) is 15.5 Å². The number of ether oxygens (including phenoxy) is 1. The number of cyclic esters (lactones) is 1. The number of rotatable bonds is 3. The van der Waals surface area contributed by atoms with Crippen LogP contribution < -0.4 is 11.3 Å². The molecule has 1 aromatic carbocycles. The van der Waals surface area contributed by atoms with Gasteiger partial charge in [-0.05, 0) is 48.9 Å². The number of aryl methyl sites for hydroxylation is 1. The Morgan fingerprint density at radius 3 is 2.72 bits per heavy atom. The number of benzene rings is 1. The van der Waals surface area contributed by atoms with Crippen molar-refractivity contribution in [3.63, 3.8) is 0 Å². The second-order valence-electron chi connectivity index (χ2n) is 9.40. The van der Waals surface area contributed by atoms with Crippen LogP contribution in [-0.2, 0) is 29.1 Å². The van der Waals surface area contributed by atoms with Crippen LogP contribution in [0.1, 0.15) is 72.1 Å². The van der Waals surface area contributed by atoms with Gasteiger partial charge in [0.1, 0.15) is 12.4 Å². The summed E-state index contributed by atoms with van der Waals surface area (Å²) in [5.74, 6) is -1.22. The molecule has 3 unspecified atom stereocenters. The van der Waals surface area contributed by atoms with Crippen molar-refractivity contribution in [2.45, 2.75) is 71.2 Å². The van der Waals surface area contributed by atoms with E-state index in [1.54, 1.807) is 17.6 Å². The number of nitrogens with zero attached hydrogens (tertiary/aromatic N) is 2. The molecule has 4 heterocycles. The van der Waals surface area contributed by atoms with E-state index in [1.165, 1.54) is 6.07 Å². The number of aromatic nitrogens is 2. The van der Waals surface area contributed by atoms with Crippen molar-refractivity contribution in [3.05, 3.63) is 61.7 Å². The summed E-state index contributed by atoms with van der Waals surface area (Å²) < 4.78 is 21.4. The van der Waals surface area contributed by atoms with E-state index in [0.717, 1.165) is 22.1 Å². The third kappa shape index (κ3) is 3.41. The number of pyridine rings is 2. The molecular formula is C27H30FN3O5. The number of fused-ring (bicyclic) bond motifs is 5. The minimum atomic E-state index is -1.54. The first-order chi connectivity index (χ1) is 17.3. The summed E-state index contributed by atoms with van der Waals surface area (Å²) in [7, 11) is 0. The first-order valence-electron chi connectivity index (χ1n) is 12.4. The number of hydrogen-bond acceptors (Lipinski definition) is 7. The van der Waals surface area contributed by atoms with E-state index >= 15 is 0 Å². The molecule has 8 nitrogen and oxygen atoms in total. The Hall–Kier alpha value is -3.14. The molecule has 9 heteroatoms. The first-order valence-corrected chi connectivity index (χ1v) is 12.4. The summed E-state index contributed by atoms with van der Waals surface area (Å²) in [6.45, 7) is 5.79. The highest BCUT2D eigenvalue weighted by molar-refractivity contribution is 5.93. The van der Waals surface area contributed by atoms with E-state index in [-0.39, 0.29) is 54.2 Å². The lowest BCUT2D eigenvalue weighted by Crippen LogP contribution is -2.33. The van der Waals surface area contributed by atoms with Crippen LogP contribution in [0.3, 0.4) is 0 Å². The molecule has 0 saturated carbocycles. The number of halogens is 1. The van der Waals surface area contributed by atoms with Gasteiger partial charge in [0.25, 0.3) is 5.56 Å². The summed E-state index contributed by atoms with van der Waals surface area (Å²) in [6, 6.07) is 2.74. The molecule has 0 amide bonds.